The van der Waals surface area contributed by atoms with Crippen LogP contribution in [0, 0.1) is 0 Å². The Morgan fingerprint density at radius 3 is 2.32 bits per heavy atom. The number of carbonyl (C=O) groups is 3. The van der Waals surface area contributed by atoms with Gasteiger partial charge in [-0.1, -0.05) is 0 Å². The molecule has 0 aliphatic rings. The molecule has 6 nitrogen and oxygen atoms in total. The zero-order chi connectivity index (χ0) is 14.9. The lowest BCUT2D eigenvalue weighted by Gasteiger charge is -2.27. The Kier molecular flexibility index (Phi) is 7.79. The van der Waals surface area contributed by atoms with Crippen LogP contribution in [0.25, 0.3) is 0 Å². The van der Waals surface area contributed by atoms with E-state index in [-0.39, 0.29) is 18.9 Å². The van der Waals surface area contributed by atoms with Crippen molar-refractivity contribution in [2.24, 2.45) is 0 Å². The summed E-state index contributed by atoms with van der Waals surface area (Å²) in [6.07, 6.45) is 1.34. The minimum Gasteiger partial charge on any atom is -0.469 e. The summed E-state index contributed by atoms with van der Waals surface area (Å²) in [7, 11) is 1.30. The Balaban J connectivity index is 4.42. The van der Waals surface area contributed by atoms with Gasteiger partial charge < -0.3 is 19.2 Å². The minimum atomic E-state index is -0.592. The van der Waals surface area contributed by atoms with Gasteiger partial charge in [0.15, 0.2) is 0 Å². The van der Waals surface area contributed by atoms with Crippen LogP contribution in [0.2, 0.25) is 0 Å². The van der Waals surface area contributed by atoms with Gasteiger partial charge in [-0.2, -0.15) is 0 Å². The van der Waals surface area contributed by atoms with Crippen molar-refractivity contribution in [3.8, 4) is 0 Å². The molecule has 110 valence electrons. The first kappa shape index (κ1) is 17.4. The molecule has 0 saturated carbocycles. The molecule has 0 spiro atoms. The third kappa shape index (κ3) is 9.04. The molecule has 6 heteroatoms. The minimum absolute atomic E-state index is 0.108. The molecule has 0 bridgehead atoms. The Bertz CT molecular complexity index is 309. The van der Waals surface area contributed by atoms with E-state index in [1.165, 1.54) is 12.0 Å². The summed E-state index contributed by atoms with van der Waals surface area (Å²) < 4.78 is 9.78. The number of ether oxygens (including phenoxy) is 2. The molecule has 0 aromatic rings. The molecule has 0 aliphatic carbocycles. The predicted molar refractivity (Wildman–Crippen MR) is 69.7 cm³/mol. The maximum absolute atomic E-state index is 11.9. The molecule has 0 rings (SSSR count). The molecular formula is C13H23NO5. The first-order valence-corrected chi connectivity index (χ1v) is 6.28. The highest BCUT2D eigenvalue weighted by molar-refractivity contribution is 5.72. The molecule has 0 aromatic carbocycles. The van der Waals surface area contributed by atoms with E-state index >= 15 is 0 Å². The van der Waals surface area contributed by atoms with E-state index in [4.69, 9.17) is 4.74 Å². The van der Waals surface area contributed by atoms with Gasteiger partial charge in [-0.05, 0) is 27.2 Å². The molecule has 1 amide bonds. The van der Waals surface area contributed by atoms with E-state index in [9.17, 15) is 14.4 Å². The van der Waals surface area contributed by atoms with E-state index in [1.807, 2.05) is 0 Å². The Morgan fingerprint density at radius 1 is 1.21 bits per heavy atom. The van der Waals surface area contributed by atoms with E-state index in [1.54, 1.807) is 20.8 Å². The average Bonchev–Trinajstić information content (AvgIpc) is 2.30. The van der Waals surface area contributed by atoms with Crippen molar-refractivity contribution in [1.29, 1.82) is 0 Å². The summed E-state index contributed by atoms with van der Waals surface area (Å²) in [5.74, 6) is -0.385. The normalized spacial score (nSPS) is 10.7. The van der Waals surface area contributed by atoms with Crippen molar-refractivity contribution in [2.75, 3.05) is 20.2 Å². The molecule has 0 atom stereocenters. The third-order valence-corrected chi connectivity index (χ3v) is 2.22. The zero-order valence-electron chi connectivity index (χ0n) is 12.1. The second-order valence-electron chi connectivity index (χ2n) is 5.10. The topological polar surface area (TPSA) is 72.9 Å². The number of amides is 1. The Labute approximate surface area is 114 Å². The highest BCUT2D eigenvalue weighted by Crippen LogP contribution is 2.11. The van der Waals surface area contributed by atoms with Crippen LogP contribution in [-0.2, 0) is 19.1 Å². The quantitative estimate of drug-likeness (QED) is 0.401. The lowest BCUT2D eigenvalue weighted by atomic mass is 10.2. The highest BCUT2D eigenvalue weighted by atomic mass is 16.6. The fourth-order valence-corrected chi connectivity index (χ4v) is 1.31. The van der Waals surface area contributed by atoms with Crippen LogP contribution in [-0.4, -0.2) is 49.0 Å². The number of unbranched alkanes of at least 4 members (excludes halogenated alkanes) is 1. The maximum Gasteiger partial charge on any atom is 0.410 e. The first-order valence-electron chi connectivity index (χ1n) is 6.28. The summed E-state index contributed by atoms with van der Waals surface area (Å²) in [4.78, 5) is 34.7. The van der Waals surface area contributed by atoms with E-state index < -0.39 is 11.7 Å². The number of hydrogen-bond donors (Lipinski definition) is 0. The monoisotopic (exact) mass is 273 g/mol. The van der Waals surface area contributed by atoms with Crippen molar-refractivity contribution in [2.45, 2.75) is 45.6 Å². The average molecular weight is 273 g/mol. The van der Waals surface area contributed by atoms with Crippen LogP contribution >= 0.6 is 0 Å². The second kappa shape index (κ2) is 8.50. The van der Waals surface area contributed by atoms with Crippen molar-refractivity contribution < 1.29 is 23.9 Å². The van der Waals surface area contributed by atoms with Gasteiger partial charge in [-0.15, -0.1) is 0 Å². The smallest absolute Gasteiger partial charge is 0.410 e. The van der Waals surface area contributed by atoms with Gasteiger partial charge in [0.25, 0.3) is 0 Å². The molecule has 0 N–H and O–H groups in total. The van der Waals surface area contributed by atoms with Crippen molar-refractivity contribution in [3.63, 3.8) is 0 Å². The maximum atomic E-state index is 11.9. The fraction of sp³-hybridized carbons (Fsp3) is 0.769. The lowest BCUT2D eigenvalue weighted by molar-refractivity contribution is -0.140. The van der Waals surface area contributed by atoms with Crippen LogP contribution in [0.15, 0.2) is 0 Å². The molecule has 0 radical (unpaired) electrons. The van der Waals surface area contributed by atoms with Gasteiger partial charge in [0.1, 0.15) is 11.9 Å². The molecular weight excluding hydrogens is 250 g/mol. The highest BCUT2D eigenvalue weighted by Gasteiger charge is 2.22. The summed E-state index contributed by atoms with van der Waals surface area (Å²) >= 11 is 0. The Morgan fingerprint density at radius 2 is 1.84 bits per heavy atom. The molecule has 0 heterocycles. The number of nitrogens with zero attached hydrogens (tertiary/aromatic N) is 1. The molecule has 0 unspecified atom stereocenters. The van der Waals surface area contributed by atoms with E-state index in [2.05, 4.69) is 4.74 Å². The van der Waals surface area contributed by atoms with Crippen molar-refractivity contribution >= 4 is 18.3 Å². The van der Waals surface area contributed by atoms with Crippen molar-refractivity contribution in [1.82, 2.24) is 4.90 Å². The predicted octanol–water partition coefficient (Wildman–Crippen LogP) is 1.77. The largest absolute Gasteiger partial charge is 0.469 e. The first-order chi connectivity index (χ1) is 8.80. The number of methoxy groups -OCH3 is 1. The third-order valence-electron chi connectivity index (χ3n) is 2.22. The van der Waals surface area contributed by atoms with Gasteiger partial charge in [0.2, 0.25) is 0 Å². The van der Waals surface area contributed by atoms with Gasteiger partial charge in [-0.3, -0.25) is 4.79 Å². The number of hydrogen-bond acceptors (Lipinski definition) is 5. The standard InChI is InChI=1S/C13H23NO5/c1-13(2,3)19-12(17)14(8-5-6-10-15)9-7-11(16)18-4/h10H,5-9H2,1-4H3. The summed E-state index contributed by atoms with van der Waals surface area (Å²) in [5, 5.41) is 0. The number of carbonyl (C=O) groups excluding carboxylic acids is 3. The van der Waals surface area contributed by atoms with Gasteiger partial charge in [-0.25, -0.2) is 4.79 Å². The van der Waals surface area contributed by atoms with Gasteiger partial charge in [0, 0.05) is 19.5 Å². The summed E-state index contributed by atoms with van der Waals surface area (Å²) in [5.41, 5.74) is -0.592. The van der Waals surface area contributed by atoms with Crippen LogP contribution in [0.1, 0.15) is 40.0 Å². The molecule has 0 fully saturated rings. The molecule has 0 saturated heterocycles. The number of aldehydes is 1. The number of rotatable bonds is 7. The molecule has 0 aliphatic heterocycles. The van der Waals surface area contributed by atoms with Crippen LogP contribution in [0.5, 0.6) is 0 Å². The van der Waals surface area contributed by atoms with E-state index in [0.29, 0.717) is 19.4 Å². The fourth-order valence-electron chi connectivity index (χ4n) is 1.31. The van der Waals surface area contributed by atoms with Gasteiger partial charge in [0.05, 0.1) is 13.5 Å². The second-order valence-corrected chi connectivity index (χ2v) is 5.10. The van der Waals surface area contributed by atoms with E-state index in [0.717, 1.165) is 6.29 Å². The van der Waals surface area contributed by atoms with Crippen LogP contribution in [0.4, 0.5) is 4.79 Å². The van der Waals surface area contributed by atoms with Gasteiger partial charge >= 0.3 is 12.1 Å². The number of esters is 1. The van der Waals surface area contributed by atoms with Crippen molar-refractivity contribution in [3.05, 3.63) is 0 Å². The lowest BCUT2D eigenvalue weighted by Crippen LogP contribution is -2.38. The summed E-state index contributed by atoms with van der Waals surface area (Å²) in [6, 6.07) is 0. The Hall–Kier alpha value is -1.59. The zero-order valence-corrected chi connectivity index (χ0v) is 12.1. The van der Waals surface area contributed by atoms with Crippen LogP contribution < -0.4 is 0 Å². The molecule has 0 aromatic heterocycles. The van der Waals surface area contributed by atoms with Crippen LogP contribution in [0.3, 0.4) is 0 Å². The SMILES string of the molecule is COC(=O)CCN(CCCC=O)C(=O)OC(C)(C)C. The molecule has 19 heavy (non-hydrogen) atoms. The summed E-state index contributed by atoms with van der Waals surface area (Å²) in [6.45, 7) is 5.92.